The predicted molar refractivity (Wildman–Crippen MR) is 92.2 cm³/mol. The van der Waals surface area contributed by atoms with Gasteiger partial charge in [-0.3, -0.25) is 4.79 Å². The Kier molecular flexibility index (Phi) is 3.40. The van der Waals surface area contributed by atoms with Crippen molar-refractivity contribution in [2.24, 2.45) is 0 Å². The molecule has 124 valence electrons. The molecule has 0 atom stereocenters. The molecule has 0 radical (unpaired) electrons. The summed E-state index contributed by atoms with van der Waals surface area (Å²) in [6.07, 6.45) is 0. The minimum Gasteiger partial charge on any atom is -0.493 e. The van der Waals surface area contributed by atoms with Crippen LogP contribution in [0.15, 0.2) is 28.4 Å². The van der Waals surface area contributed by atoms with E-state index in [1.165, 1.54) is 11.3 Å². The minimum absolute atomic E-state index is 0.0726. The second-order valence-electron chi connectivity index (χ2n) is 5.15. The first-order valence-corrected chi connectivity index (χ1v) is 8.06. The molecule has 8 nitrogen and oxygen atoms in total. The van der Waals surface area contributed by atoms with Gasteiger partial charge in [0.1, 0.15) is 10.8 Å². The summed E-state index contributed by atoms with van der Waals surface area (Å²) >= 11 is 1.29. The van der Waals surface area contributed by atoms with Gasteiger partial charge in [0.25, 0.3) is 5.56 Å². The molecule has 3 heterocycles. The highest BCUT2D eigenvalue weighted by Gasteiger charge is 2.18. The molecule has 0 bridgehead atoms. The molecule has 1 N–H and O–H groups in total. The van der Waals surface area contributed by atoms with Gasteiger partial charge in [-0.1, -0.05) is 6.07 Å². The topological polar surface area (TPSA) is 105 Å². The van der Waals surface area contributed by atoms with Crippen LogP contribution in [0.2, 0.25) is 0 Å². The summed E-state index contributed by atoms with van der Waals surface area (Å²) in [6, 6.07) is 7.44. The second kappa shape index (κ2) is 5.61. The van der Waals surface area contributed by atoms with Crippen LogP contribution in [-0.2, 0) is 0 Å². The summed E-state index contributed by atoms with van der Waals surface area (Å²) in [5.74, 6) is 1.20. The lowest BCUT2D eigenvalue weighted by Gasteiger charge is -2.09. The molecule has 0 amide bonds. The molecule has 0 aliphatic heterocycles. The number of ether oxygens (including phenoxy) is 2. The van der Waals surface area contributed by atoms with E-state index in [1.807, 2.05) is 23.6 Å². The zero-order chi connectivity index (χ0) is 17.6. The Balaban J connectivity index is 2.07. The van der Waals surface area contributed by atoms with E-state index < -0.39 is 0 Å². The molecule has 9 heteroatoms. The maximum atomic E-state index is 12.3. The average molecular weight is 353 g/mol. The molecular formula is C16H11N5O3S. The molecule has 0 aliphatic carbocycles. The summed E-state index contributed by atoms with van der Waals surface area (Å²) in [7, 11) is 3.13. The van der Waals surface area contributed by atoms with Crippen molar-refractivity contribution in [1.82, 2.24) is 19.8 Å². The third-order valence-electron chi connectivity index (χ3n) is 3.88. The van der Waals surface area contributed by atoms with Gasteiger partial charge in [-0.2, -0.15) is 10.2 Å². The Hall–Kier alpha value is -3.38. The summed E-state index contributed by atoms with van der Waals surface area (Å²) in [5, 5.41) is 17.7. The van der Waals surface area contributed by atoms with E-state index in [0.717, 1.165) is 11.1 Å². The lowest BCUT2D eigenvalue weighted by molar-refractivity contribution is 0.355. The third kappa shape index (κ3) is 2.15. The zero-order valence-corrected chi connectivity index (χ0v) is 14.0. The molecule has 3 aromatic heterocycles. The van der Waals surface area contributed by atoms with E-state index in [4.69, 9.17) is 14.7 Å². The van der Waals surface area contributed by atoms with Gasteiger partial charge in [0.2, 0.25) is 5.69 Å². The molecule has 0 spiro atoms. The average Bonchev–Trinajstić information content (AvgIpc) is 3.25. The van der Waals surface area contributed by atoms with Crippen molar-refractivity contribution >= 4 is 27.2 Å². The SMILES string of the molecule is COc1ccc(-c2csc3c(=O)nc4c(C#N)n[nH]n4c23)cc1OC. The highest BCUT2D eigenvalue weighted by molar-refractivity contribution is 7.17. The van der Waals surface area contributed by atoms with Gasteiger partial charge < -0.3 is 9.47 Å². The predicted octanol–water partition coefficient (Wildman–Crippen LogP) is 2.19. The number of nitriles is 1. The number of thiophene rings is 1. The summed E-state index contributed by atoms with van der Waals surface area (Å²) < 4.78 is 12.7. The van der Waals surface area contributed by atoms with E-state index in [2.05, 4.69) is 15.3 Å². The number of methoxy groups -OCH3 is 2. The molecule has 0 saturated carbocycles. The van der Waals surface area contributed by atoms with Crippen LogP contribution in [0, 0.1) is 11.3 Å². The summed E-state index contributed by atoms with van der Waals surface area (Å²) in [5.41, 5.74) is 2.18. The standard InChI is InChI=1S/C16H11N5O3S/c1-23-11-4-3-8(5-12(11)24-2)9-7-25-14-13(9)21-15(18-16(14)22)10(6-17)19-20-21/h3-5,7,20H,1-2H3. The van der Waals surface area contributed by atoms with Crippen molar-refractivity contribution in [3.05, 3.63) is 39.6 Å². The normalized spacial score (nSPS) is 10.9. The van der Waals surface area contributed by atoms with E-state index >= 15 is 0 Å². The Morgan fingerprint density at radius 3 is 2.80 bits per heavy atom. The molecule has 4 rings (SSSR count). The van der Waals surface area contributed by atoms with Crippen LogP contribution in [0.1, 0.15) is 5.69 Å². The quantitative estimate of drug-likeness (QED) is 0.605. The molecule has 4 aromatic rings. The van der Waals surface area contributed by atoms with Gasteiger partial charge in [0.05, 0.1) is 19.7 Å². The van der Waals surface area contributed by atoms with Crippen LogP contribution in [-0.4, -0.2) is 34.0 Å². The third-order valence-corrected chi connectivity index (χ3v) is 4.83. The van der Waals surface area contributed by atoms with Crippen LogP contribution in [0.3, 0.4) is 0 Å². The van der Waals surface area contributed by atoms with Crippen LogP contribution >= 0.6 is 11.3 Å². The number of nitrogens with one attached hydrogen (secondary N) is 1. The van der Waals surface area contributed by atoms with Crippen molar-refractivity contribution in [1.29, 1.82) is 5.26 Å². The number of aromatic amines is 1. The van der Waals surface area contributed by atoms with E-state index in [9.17, 15) is 4.79 Å². The van der Waals surface area contributed by atoms with Gasteiger partial charge in [-0.05, 0) is 17.7 Å². The number of aromatic nitrogens is 4. The van der Waals surface area contributed by atoms with Crippen LogP contribution < -0.4 is 15.0 Å². The van der Waals surface area contributed by atoms with Crippen molar-refractivity contribution < 1.29 is 9.47 Å². The molecule has 0 fully saturated rings. The van der Waals surface area contributed by atoms with Crippen molar-refractivity contribution in [2.45, 2.75) is 0 Å². The van der Waals surface area contributed by atoms with Crippen LogP contribution in [0.25, 0.3) is 27.0 Å². The van der Waals surface area contributed by atoms with Crippen molar-refractivity contribution in [3.8, 4) is 28.7 Å². The highest BCUT2D eigenvalue weighted by atomic mass is 32.1. The number of H-pyrrole nitrogens is 1. The van der Waals surface area contributed by atoms with Crippen LogP contribution in [0.5, 0.6) is 11.5 Å². The maximum absolute atomic E-state index is 12.3. The Labute approximate surface area is 144 Å². The van der Waals surface area contributed by atoms with Crippen molar-refractivity contribution in [2.75, 3.05) is 14.2 Å². The van der Waals surface area contributed by atoms with Gasteiger partial charge in [-0.15, -0.1) is 16.4 Å². The zero-order valence-electron chi connectivity index (χ0n) is 13.2. The van der Waals surface area contributed by atoms with E-state index in [-0.39, 0.29) is 16.9 Å². The largest absolute Gasteiger partial charge is 0.493 e. The van der Waals surface area contributed by atoms with Gasteiger partial charge in [0, 0.05) is 10.9 Å². The Bertz CT molecular complexity index is 1210. The summed E-state index contributed by atoms with van der Waals surface area (Å²) in [4.78, 5) is 16.3. The fraction of sp³-hybridized carbons (Fsp3) is 0.125. The second-order valence-corrected chi connectivity index (χ2v) is 6.02. The molecule has 1 aromatic carbocycles. The van der Waals surface area contributed by atoms with Gasteiger partial charge >= 0.3 is 0 Å². The highest BCUT2D eigenvalue weighted by Crippen LogP contribution is 2.37. The van der Waals surface area contributed by atoms with E-state index in [1.54, 1.807) is 24.8 Å². The lowest BCUT2D eigenvalue weighted by atomic mass is 10.1. The number of benzene rings is 1. The number of hydrogen-bond donors (Lipinski definition) is 1. The van der Waals surface area contributed by atoms with Crippen molar-refractivity contribution in [3.63, 3.8) is 0 Å². The maximum Gasteiger partial charge on any atom is 0.291 e. The van der Waals surface area contributed by atoms with Crippen LogP contribution in [0.4, 0.5) is 0 Å². The first-order valence-electron chi connectivity index (χ1n) is 7.18. The lowest BCUT2D eigenvalue weighted by Crippen LogP contribution is -2.08. The van der Waals surface area contributed by atoms with Gasteiger partial charge in [0.15, 0.2) is 17.1 Å². The molecule has 25 heavy (non-hydrogen) atoms. The molecule has 0 saturated heterocycles. The molecule has 0 unspecified atom stereocenters. The smallest absolute Gasteiger partial charge is 0.291 e. The monoisotopic (exact) mass is 353 g/mol. The number of hydrogen-bond acceptors (Lipinski definition) is 7. The van der Waals surface area contributed by atoms with E-state index in [0.29, 0.717) is 21.7 Å². The fourth-order valence-electron chi connectivity index (χ4n) is 2.72. The first-order chi connectivity index (χ1) is 12.2. The summed E-state index contributed by atoms with van der Waals surface area (Å²) in [6.45, 7) is 0. The Morgan fingerprint density at radius 2 is 2.08 bits per heavy atom. The fourth-order valence-corrected chi connectivity index (χ4v) is 3.66. The number of rotatable bonds is 3. The Morgan fingerprint density at radius 1 is 1.28 bits per heavy atom. The first kappa shape index (κ1) is 15.2. The minimum atomic E-state index is -0.385. The number of nitrogens with zero attached hydrogens (tertiary/aromatic N) is 4. The van der Waals surface area contributed by atoms with Gasteiger partial charge in [-0.25, -0.2) is 9.73 Å². The number of fused-ring (bicyclic) bond motifs is 3. The molecule has 0 aliphatic rings. The molecular weight excluding hydrogens is 342 g/mol.